The first kappa shape index (κ1) is 25.3. The Labute approximate surface area is 235 Å². The number of ether oxygens (including phenoxy) is 1. The Morgan fingerprint density at radius 2 is 1.83 bits per heavy atom. The summed E-state index contributed by atoms with van der Waals surface area (Å²) < 4.78 is 21.7. The Morgan fingerprint density at radius 1 is 1.07 bits per heavy atom. The number of H-pyrrole nitrogens is 1. The molecule has 1 unspecified atom stereocenters. The van der Waals surface area contributed by atoms with Gasteiger partial charge in [-0.05, 0) is 62.7 Å². The van der Waals surface area contributed by atoms with E-state index < -0.39 is 5.54 Å². The molecule has 208 valence electrons. The second-order valence-electron chi connectivity index (χ2n) is 11.5. The lowest BCUT2D eigenvalue weighted by Crippen LogP contribution is -2.33. The summed E-state index contributed by atoms with van der Waals surface area (Å²) in [7, 11) is 0. The second-order valence-corrected chi connectivity index (χ2v) is 11.5. The van der Waals surface area contributed by atoms with Gasteiger partial charge in [-0.1, -0.05) is 0 Å². The Balaban J connectivity index is 1.09. The molecule has 1 amide bonds. The molecular formula is C30H29FN8O2. The first-order valence-electron chi connectivity index (χ1n) is 13.5. The van der Waals surface area contributed by atoms with Crippen molar-refractivity contribution in [2.24, 2.45) is 17.6 Å². The van der Waals surface area contributed by atoms with Gasteiger partial charge in [0.15, 0.2) is 0 Å². The molecule has 1 aromatic carbocycles. The Bertz CT molecular complexity index is 1760. The smallest absolute Gasteiger partial charge is 0.255 e. The number of pyridine rings is 2. The molecule has 0 radical (unpaired) electrons. The van der Waals surface area contributed by atoms with Crippen LogP contribution < -0.4 is 10.5 Å². The minimum Gasteiger partial charge on any atom is -0.474 e. The van der Waals surface area contributed by atoms with Crippen LogP contribution in [0.1, 0.15) is 35.5 Å². The van der Waals surface area contributed by atoms with Gasteiger partial charge in [0.1, 0.15) is 23.3 Å². The number of imidazole rings is 1. The molecule has 2 fully saturated rings. The largest absolute Gasteiger partial charge is 0.474 e. The zero-order valence-electron chi connectivity index (χ0n) is 22.9. The molecule has 1 saturated carbocycles. The average Bonchev–Trinajstić information content (AvgIpc) is 3.44. The first-order valence-corrected chi connectivity index (χ1v) is 13.5. The number of halogens is 1. The maximum Gasteiger partial charge on any atom is 0.255 e. The van der Waals surface area contributed by atoms with Gasteiger partial charge in [-0.15, -0.1) is 0 Å². The maximum atomic E-state index is 13.6. The third-order valence-corrected chi connectivity index (χ3v) is 7.95. The van der Waals surface area contributed by atoms with E-state index in [0.717, 1.165) is 28.0 Å². The van der Waals surface area contributed by atoms with Crippen LogP contribution in [0.15, 0.2) is 61.1 Å². The standard InChI is InChI=1S/C30H29FN8O2/c1-16-12-38-13-18(8-21(28(38)34-16)25-11-33-37-36-25)29(40)39-14-22-23(15-39)27(22)41-26-10-19(30(2,3)32)9-24(35-26)17-4-6-20(31)7-5-17/h4-13,22-23,27H,14-15,32H2,1-3H3,(H,33,36,37)/t22-,23+,27?. The number of rotatable bonds is 6. The van der Waals surface area contributed by atoms with Crippen molar-refractivity contribution in [1.29, 1.82) is 0 Å². The summed E-state index contributed by atoms with van der Waals surface area (Å²) in [6.45, 7) is 6.96. The fourth-order valence-corrected chi connectivity index (χ4v) is 5.70. The van der Waals surface area contributed by atoms with Gasteiger partial charge in [-0.25, -0.2) is 14.4 Å². The van der Waals surface area contributed by atoms with Gasteiger partial charge in [0.05, 0.1) is 23.1 Å². The molecule has 1 saturated heterocycles. The number of piperidine rings is 1. The summed E-state index contributed by atoms with van der Waals surface area (Å²) in [6, 6.07) is 11.8. The number of fused-ring (bicyclic) bond motifs is 2. The van der Waals surface area contributed by atoms with Crippen molar-refractivity contribution in [3.8, 4) is 28.4 Å². The molecule has 10 nitrogen and oxygen atoms in total. The van der Waals surface area contributed by atoms with Gasteiger partial charge in [-0.2, -0.15) is 15.4 Å². The number of aromatic amines is 1. The zero-order chi connectivity index (χ0) is 28.5. The third kappa shape index (κ3) is 4.61. The SMILES string of the molecule is Cc1cn2cc(C(=O)N3C[C@@H]4C(Oc5cc(C(C)(C)N)cc(-c6ccc(F)cc6)n5)[C@@H]4C3)cc(-c3cn[nH]n3)c2n1. The molecule has 5 heterocycles. The number of nitrogens with zero attached hydrogens (tertiary/aromatic N) is 6. The summed E-state index contributed by atoms with van der Waals surface area (Å²) in [5, 5.41) is 10.8. The van der Waals surface area contributed by atoms with Gasteiger partial charge >= 0.3 is 0 Å². The Kier molecular flexibility index (Phi) is 5.69. The maximum absolute atomic E-state index is 13.6. The van der Waals surface area contributed by atoms with E-state index in [-0.39, 0.29) is 29.7 Å². The predicted molar refractivity (Wildman–Crippen MR) is 149 cm³/mol. The monoisotopic (exact) mass is 552 g/mol. The number of amides is 1. The highest BCUT2D eigenvalue weighted by molar-refractivity contribution is 5.96. The molecule has 1 aliphatic heterocycles. The van der Waals surface area contributed by atoms with Crippen molar-refractivity contribution in [3.05, 3.63) is 83.7 Å². The van der Waals surface area contributed by atoms with E-state index in [4.69, 9.17) is 15.5 Å². The molecule has 5 aromatic rings. The Morgan fingerprint density at radius 3 is 2.51 bits per heavy atom. The quantitative estimate of drug-likeness (QED) is 0.326. The number of aromatic nitrogens is 6. The predicted octanol–water partition coefficient (Wildman–Crippen LogP) is 3.97. The van der Waals surface area contributed by atoms with E-state index >= 15 is 0 Å². The van der Waals surface area contributed by atoms with Crippen molar-refractivity contribution in [2.45, 2.75) is 32.4 Å². The van der Waals surface area contributed by atoms with Crippen LogP contribution in [0.2, 0.25) is 0 Å². The highest BCUT2D eigenvalue weighted by atomic mass is 19.1. The number of carbonyl (C=O) groups excluding carboxylic acids is 1. The van der Waals surface area contributed by atoms with Crippen LogP contribution in [-0.4, -0.2) is 59.8 Å². The summed E-state index contributed by atoms with van der Waals surface area (Å²) >= 11 is 0. The summed E-state index contributed by atoms with van der Waals surface area (Å²) in [5.74, 6) is 0.575. The van der Waals surface area contributed by atoms with Crippen molar-refractivity contribution >= 4 is 11.6 Å². The lowest BCUT2D eigenvalue weighted by molar-refractivity contribution is 0.0751. The molecule has 41 heavy (non-hydrogen) atoms. The molecule has 0 spiro atoms. The highest BCUT2D eigenvalue weighted by Crippen LogP contribution is 2.48. The normalized spacial score (nSPS) is 19.9. The second kappa shape index (κ2) is 9.20. The number of likely N-dealkylation sites (tertiary alicyclic amines) is 1. The van der Waals surface area contributed by atoms with Gasteiger partial charge in [0, 0.05) is 60.1 Å². The molecule has 3 N–H and O–H groups in total. The van der Waals surface area contributed by atoms with E-state index in [1.807, 2.05) is 60.7 Å². The van der Waals surface area contributed by atoms with E-state index in [9.17, 15) is 9.18 Å². The first-order chi connectivity index (χ1) is 19.6. The van der Waals surface area contributed by atoms with Crippen LogP contribution in [0.4, 0.5) is 4.39 Å². The molecule has 3 atom stereocenters. The summed E-state index contributed by atoms with van der Waals surface area (Å²) in [6.07, 6.45) is 5.30. The van der Waals surface area contributed by atoms with Crippen LogP contribution in [0.5, 0.6) is 5.88 Å². The van der Waals surface area contributed by atoms with Crippen LogP contribution in [0, 0.1) is 24.6 Å². The molecule has 0 bridgehead atoms. The summed E-state index contributed by atoms with van der Waals surface area (Å²) in [4.78, 5) is 24.8. The van der Waals surface area contributed by atoms with Crippen molar-refractivity contribution in [3.63, 3.8) is 0 Å². The van der Waals surface area contributed by atoms with E-state index in [2.05, 4.69) is 20.4 Å². The van der Waals surface area contributed by atoms with Crippen molar-refractivity contribution < 1.29 is 13.9 Å². The van der Waals surface area contributed by atoms with Gasteiger partial charge in [0.25, 0.3) is 5.91 Å². The number of hydrogen-bond acceptors (Lipinski definition) is 7. The summed E-state index contributed by atoms with van der Waals surface area (Å²) in [5.41, 5.74) is 11.6. The molecule has 11 heteroatoms. The van der Waals surface area contributed by atoms with Crippen LogP contribution >= 0.6 is 0 Å². The minimum absolute atomic E-state index is 0.0341. The Hall–Kier alpha value is -4.64. The van der Waals surface area contributed by atoms with E-state index in [1.54, 1.807) is 18.3 Å². The third-order valence-electron chi connectivity index (χ3n) is 7.95. The number of nitrogens with two attached hydrogens (primary N) is 1. The number of carbonyl (C=O) groups is 1. The lowest BCUT2D eigenvalue weighted by Gasteiger charge is -2.23. The van der Waals surface area contributed by atoms with Gasteiger partial charge in [0.2, 0.25) is 5.88 Å². The number of nitrogens with one attached hydrogen (secondary N) is 1. The lowest BCUT2D eigenvalue weighted by atomic mass is 9.95. The average molecular weight is 553 g/mol. The molecule has 7 rings (SSSR count). The number of aryl methyl sites for hydroxylation is 1. The minimum atomic E-state index is -0.613. The van der Waals surface area contributed by atoms with Crippen molar-refractivity contribution in [1.82, 2.24) is 34.7 Å². The molecule has 1 aliphatic carbocycles. The molecule has 2 aliphatic rings. The van der Waals surface area contributed by atoms with E-state index in [0.29, 0.717) is 35.9 Å². The molecular weight excluding hydrogens is 523 g/mol. The number of benzene rings is 1. The fourth-order valence-electron chi connectivity index (χ4n) is 5.70. The van der Waals surface area contributed by atoms with Crippen LogP contribution in [-0.2, 0) is 5.54 Å². The van der Waals surface area contributed by atoms with Crippen LogP contribution in [0.25, 0.3) is 28.2 Å². The molecule has 4 aromatic heterocycles. The number of hydrogen-bond donors (Lipinski definition) is 2. The zero-order valence-corrected chi connectivity index (χ0v) is 22.9. The van der Waals surface area contributed by atoms with Gasteiger partial charge < -0.3 is 19.8 Å². The van der Waals surface area contributed by atoms with E-state index in [1.165, 1.54) is 12.1 Å². The fraction of sp³-hybridized carbons (Fsp3) is 0.300. The van der Waals surface area contributed by atoms with Crippen LogP contribution in [0.3, 0.4) is 0 Å². The van der Waals surface area contributed by atoms with Crippen molar-refractivity contribution in [2.75, 3.05) is 13.1 Å². The topological polar surface area (TPSA) is 127 Å². The van der Waals surface area contributed by atoms with Gasteiger partial charge in [-0.3, -0.25) is 4.79 Å². The highest BCUT2D eigenvalue weighted by Gasteiger charge is 2.59.